The number of ether oxygens (including phenoxy) is 2. The maximum absolute atomic E-state index is 13.6. The molecule has 0 amide bonds. The predicted octanol–water partition coefficient (Wildman–Crippen LogP) is 1.16. The standard InChI is InChI=1S/C14H19FN2O3/c1-19-13-8-17(4-3-12(13)16)11-6-9(14(18)20-2)5-10(15)7-11/h5-7,12-13H,3-4,8,16H2,1-2H3. The van der Waals surface area contributed by atoms with Gasteiger partial charge in [0.15, 0.2) is 0 Å². The quantitative estimate of drug-likeness (QED) is 0.843. The van der Waals surface area contributed by atoms with Crippen LogP contribution in [0.5, 0.6) is 0 Å². The molecule has 0 saturated carbocycles. The van der Waals surface area contributed by atoms with Crippen LogP contribution < -0.4 is 10.6 Å². The lowest BCUT2D eigenvalue weighted by Gasteiger charge is -2.37. The molecular formula is C14H19FN2O3. The zero-order chi connectivity index (χ0) is 14.7. The Kier molecular flexibility index (Phi) is 4.57. The third-order valence-electron chi connectivity index (χ3n) is 3.58. The van der Waals surface area contributed by atoms with E-state index >= 15 is 0 Å². The van der Waals surface area contributed by atoms with Crippen LogP contribution in [0.1, 0.15) is 16.8 Å². The molecule has 20 heavy (non-hydrogen) atoms. The van der Waals surface area contributed by atoms with Crippen molar-refractivity contribution in [1.29, 1.82) is 0 Å². The molecule has 0 spiro atoms. The summed E-state index contributed by atoms with van der Waals surface area (Å²) in [6.45, 7) is 1.27. The van der Waals surface area contributed by atoms with Crippen LogP contribution in [0.15, 0.2) is 18.2 Å². The Morgan fingerprint density at radius 2 is 2.15 bits per heavy atom. The number of carbonyl (C=O) groups is 1. The van der Waals surface area contributed by atoms with Crippen molar-refractivity contribution in [3.63, 3.8) is 0 Å². The molecule has 1 aliphatic heterocycles. The van der Waals surface area contributed by atoms with E-state index in [1.807, 2.05) is 4.90 Å². The molecule has 2 N–H and O–H groups in total. The first-order valence-electron chi connectivity index (χ1n) is 6.47. The van der Waals surface area contributed by atoms with Gasteiger partial charge in [-0.15, -0.1) is 0 Å². The normalized spacial score (nSPS) is 22.7. The summed E-state index contributed by atoms with van der Waals surface area (Å²) in [5.74, 6) is -1.02. The van der Waals surface area contributed by atoms with Crippen molar-refractivity contribution in [3.05, 3.63) is 29.6 Å². The molecule has 1 aliphatic rings. The Morgan fingerprint density at radius 3 is 2.80 bits per heavy atom. The largest absolute Gasteiger partial charge is 0.465 e. The molecule has 5 nitrogen and oxygen atoms in total. The van der Waals surface area contributed by atoms with Crippen LogP contribution >= 0.6 is 0 Å². The van der Waals surface area contributed by atoms with Crippen molar-refractivity contribution in [3.8, 4) is 0 Å². The lowest BCUT2D eigenvalue weighted by molar-refractivity contribution is 0.0600. The van der Waals surface area contributed by atoms with Crippen molar-refractivity contribution in [1.82, 2.24) is 0 Å². The molecule has 2 rings (SSSR count). The number of piperidine rings is 1. The van der Waals surface area contributed by atoms with E-state index in [1.165, 1.54) is 19.2 Å². The highest BCUT2D eigenvalue weighted by molar-refractivity contribution is 5.90. The highest BCUT2D eigenvalue weighted by Crippen LogP contribution is 2.23. The average molecular weight is 282 g/mol. The number of hydrogen-bond donors (Lipinski definition) is 1. The van der Waals surface area contributed by atoms with Gasteiger partial charge >= 0.3 is 5.97 Å². The highest BCUT2D eigenvalue weighted by Gasteiger charge is 2.27. The fraction of sp³-hybridized carbons (Fsp3) is 0.500. The predicted molar refractivity (Wildman–Crippen MR) is 73.3 cm³/mol. The van der Waals surface area contributed by atoms with Gasteiger partial charge in [0.2, 0.25) is 0 Å². The molecule has 1 aromatic carbocycles. The van der Waals surface area contributed by atoms with Crippen molar-refractivity contribution >= 4 is 11.7 Å². The Morgan fingerprint density at radius 1 is 1.40 bits per heavy atom. The second-order valence-electron chi connectivity index (χ2n) is 4.86. The maximum Gasteiger partial charge on any atom is 0.338 e. The van der Waals surface area contributed by atoms with E-state index in [0.29, 0.717) is 18.8 Å². The molecule has 6 heteroatoms. The third-order valence-corrected chi connectivity index (χ3v) is 3.58. The molecular weight excluding hydrogens is 263 g/mol. The molecule has 0 radical (unpaired) electrons. The molecule has 0 bridgehead atoms. The minimum atomic E-state index is -0.553. The first-order valence-corrected chi connectivity index (χ1v) is 6.47. The first-order chi connectivity index (χ1) is 9.55. The lowest BCUT2D eigenvalue weighted by atomic mass is 10.0. The van der Waals surface area contributed by atoms with E-state index in [-0.39, 0.29) is 17.7 Å². The second kappa shape index (κ2) is 6.19. The van der Waals surface area contributed by atoms with Gasteiger partial charge in [-0.2, -0.15) is 0 Å². The number of nitrogens with zero attached hydrogens (tertiary/aromatic N) is 1. The summed E-state index contributed by atoms with van der Waals surface area (Å²) < 4.78 is 23.6. The Labute approximate surface area is 117 Å². The maximum atomic E-state index is 13.6. The number of esters is 1. The summed E-state index contributed by atoms with van der Waals surface area (Å²) in [5.41, 5.74) is 6.80. The van der Waals surface area contributed by atoms with Gasteiger partial charge < -0.3 is 20.1 Å². The first kappa shape index (κ1) is 14.7. The third kappa shape index (κ3) is 3.08. The highest BCUT2D eigenvalue weighted by atomic mass is 19.1. The number of nitrogens with two attached hydrogens (primary N) is 1. The van der Waals surface area contributed by atoms with Crippen molar-refractivity contribution in [2.75, 3.05) is 32.2 Å². The van der Waals surface area contributed by atoms with Gasteiger partial charge in [0, 0.05) is 31.9 Å². The number of carbonyl (C=O) groups excluding carboxylic acids is 1. The number of anilines is 1. The summed E-state index contributed by atoms with van der Waals surface area (Å²) in [6, 6.07) is 4.16. The number of benzene rings is 1. The molecule has 0 aromatic heterocycles. The van der Waals surface area contributed by atoms with Crippen LogP contribution in [0.3, 0.4) is 0 Å². The van der Waals surface area contributed by atoms with Gasteiger partial charge in [-0.1, -0.05) is 0 Å². The second-order valence-corrected chi connectivity index (χ2v) is 4.86. The molecule has 1 heterocycles. The van der Waals surface area contributed by atoms with Gasteiger partial charge in [0.05, 0.1) is 18.8 Å². The zero-order valence-electron chi connectivity index (χ0n) is 11.6. The summed E-state index contributed by atoms with van der Waals surface area (Å²) in [4.78, 5) is 13.5. The lowest BCUT2D eigenvalue weighted by Crippen LogP contribution is -2.51. The van der Waals surface area contributed by atoms with Gasteiger partial charge in [-0.25, -0.2) is 9.18 Å². The summed E-state index contributed by atoms with van der Waals surface area (Å²) in [7, 11) is 2.88. The van der Waals surface area contributed by atoms with Gasteiger partial charge in [0.25, 0.3) is 0 Å². The Hall–Kier alpha value is -1.66. The van der Waals surface area contributed by atoms with Gasteiger partial charge in [-0.3, -0.25) is 0 Å². The van der Waals surface area contributed by atoms with E-state index in [1.54, 1.807) is 13.2 Å². The molecule has 1 fully saturated rings. The van der Waals surface area contributed by atoms with Crippen LogP contribution in [0, 0.1) is 5.82 Å². The van der Waals surface area contributed by atoms with Crippen LogP contribution in [0.4, 0.5) is 10.1 Å². The van der Waals surface area contributed by atoms with E-state index < -0.39 is 11.8 Å². The number of rotatable bonds is 3. The monoisotopic (exact) mass is 282 g/mol. The smallest absolute Gasteiger partial charge is 0.338 e. The van der Waals surface area contributed by atoms with Crippen LogP contribution in [-0.2, 0) is 9.47 Å². The Bertz CT molecular complexity index is 495. The summed E-state index contributed by atoms with van der Waals surface area (Å²) in [6.07, 6.45) is 0.649. The van der Waals surface area contributed by atoms with Gasteiger partial charge in [0.1, 0.15) is 5.82 Å². The molecule has 110 valence electrons. The summed E-state index contributed by atoms with van der Waals surface area (Å²) in [5, 5.41) is 0. The van der Waals surface area contributed by atoms with Crippen LogP contribution in [-0.4, -0.2) is 45.4 Å². The van der Waals surface area contributed by atoms with Gasteiger partial charge in [-0.05, 0) is 24.6 Å². The SMILES string of the molecule is COC(=O)c1cc(F)cc(N2CCC(N)C(OC)C2)c1. The fourth-order valence-corrected chi connectivity index (χ4v) is 2.41. The topological polar surface area (TPSA) is 64.8 Å². The van der Waals surface area contributed by atoms with Crippen LogP contribution in [0.2, 0.25) is 0 Å². The van der Waals surface area contributed by atoms with Crippen molar-refractivity contribution in [2.45, 2.75) is 18.6 Å². The minimum Gasteiger partial charge on any atom is -0.465 e. The number of hydrogen-bond acceptors (Lipinski definition) is 5. The molecule has 0 aliphatic carbocycles. The Balaban J connectivity index is 2.24. The zero-order valence-corrected chi connectivity index (χ0v) is 11.6. The van der Waals surface area contributed by atoms with E-state index in [0.717, 1.165) is 6.42 Å². The molecule has 2 unspecified atom stereocenters. The fourth-order valence-electron chi connectivity index (χ4n) is 2.41. The summed E-state index contributed by atoms with van der Waals surface area (Å²) >= 11 is 0. The van der Waals surface area contributed by atoms with E-state index in [4.69, 9.17) is 10.5 Å². The average Bonchev–Trinajstić information content (AvgIpc) is 2.46. The van der Waals surface area contributed by atoms with E-state index in [2.05, 4.69) is 4.74 Å². The van der Waals surface area contributed by atoms with E-state index in [9.17, 15) is 9.18 Å². The number of halogens is 1. The van der Waals surface area contributed by atoms with Crippen molar-refractivity contribution in [2.24, 2.45) is 5.73 Å². The number of methoxy groups -OCH3 is 2. The van der Waals surface area contributed by atoms with Crippen LogP contribution in [0.25, 0.3) is 0 Å². The molecule has 1 aromatic rings. The van der Waals surface area contributed by atoms with Crippen molar-refractivity contribution < 1.29 is 18.7 Å². The molecule has 2 atom stereocenters. The minimum absolute atomic E-state index is 0.0233. The molecule has 1 saturated heterocycles.